The Kier molecular flexibility index (Phi) is 8.44. The van der Waals surface area contributed by atoms with Gasteiger partial charge in [-0.15, -0.1) is 0 Å². The third-order valence-electron chi connectivity index (χ3n) is 5.92. The third kappa shape index (κ3) is 6.84. The summed E-state index contributed by atoms with van der Waals surface area (Å²) in [5, 5.41) is 3.72. The molecule has 5 nitrogen and oxygen atoms in total. The molecule has 0 bridgehead atoms. The number of amides is 1. The monoisotopic (exact) mass is 516 g/mol. The lowest BCUT2D eigenvalue weighted by molar-refractivity contribution is 0.102. The van der Waals surface area contributed by atoms with Gasteiger partial charge in [0.25, 0.3) is 12.3 Å². The number of pyridine rings is 2. The van der Waals surface area contributed by atoms with Crippen molar-refractivity contribution in [1.29, 1.82) is 0 Å². The minimum Gasteiger partial charge on any atom is -0.320 e. The molecule has 9 heteroatoms. The van der Waals surface area contributed by atoms with Gasteiger partial charge in [0, 0.05) is 29.2 Å². The lowest BCUT2D eigenvalue weighted by Gasteiger charge is -2.32. The zero-order valence-electron chi connectivity index (χ0n) is 18.8. The van der Waals surface area contributed by atoms with E-state index in [-0.39, 0.29) is 16.8 Å². The zero-order chi connectivity index (χ0) is 24.8. The normalized spacial score (nSPS) is 15.1. The summed E-state index contributed by atoms with van der Waals surface area (Å²) >= 11 is 11.8. The molecule has 0 radical (unpaired) electrons. The lowest BCUT2D eigenvalue weighted by atomic mass is 9.91. The van der Waals surface area contributed by atoms with Crippen LogP contribution in [0.25, 0.3) is 6.08 Å². The molecule has 0 spiro atoms. The number of hydrogen-bond acceptors (Lipinski definition) is 4. The topological polar surface area (TPSA) is 58.1 Å². The van der Waals surface area contributed by atoms with Crippen LogP contribution in [-0.4, -0.2) is 40.4 Å². The van der Waals surface area contributed by atoms with Crippen LogP contribution in [0.3, 0.4) is 0 Å². The van der Waals surface area contributed by atoms with Crippen molar-refractivity contribution in [3.8, 4) is 0 Å². The number of anilines is 1. The quantitative estimate of drug-likeness (QED) is 0.348. The molecule has 4 rings (SSSR count). The van der Waals surface area contributed by atoms with E-state index in [0.717, 1.165) is 38.0 Å². The molecule has 3 aromatic rings. The highest BCUT2D eigenvalue weighted by Gasteiger charge is 2.25. The van der Waals surface area contributed by atoms with E-state index in [9.17, 15) is 13.6 Å². The number of alkyl halides is 2. The third-order valence-corrected chi connectivity index (χ3v) is 6.38. The van der Waals surface area contributed by atoms with Crippen LogP contribution in [-0.2, 0) is 0 Å². The number of rotatable bonds is 7. The molecule has 1 saturated heterocycles. The zero-order valence-corrected chi connectivity index (χ0v) is 20.3. The Labute approximate surface area is 212 Å². The number of aromatic nitrogens is 2. The SMILES string of the molecule is O=C(Nc1ccc(C(F)F)nc1C1CCN(C/C=C/c2ccc(Cl)cc2)CC1)c1ccnc(Cl)c1. The summed E-state index contributed by atoms with van der Waals surface area (Å²) in [7, 11) is 0. The summed E-state index contributed by atoms with van der Waals surface area (Å²) in [5.74, 6) is -0.437. The first kappa shape index (κ1) is 25.2. The Hall–Kier alpha value is -2.87. The highest BCUT2D eigenvalue weighted by molar-refractivity contribution is 6.30. The largest absolute Gasteiger partial charge is 0.320 e. The van der Waals surface area contributed by atoms with Crippen LogP contribution >= 0.6 is 23.2 Å². The minimum absolute atomic E-state index is 0.0403. The maximum Gasteiger partial charge on any atom is 0.280 e. The van der Waals surface area contributed by atoms with Gasteiger partial charge in [0.1, 0.15) is 10.8 Å². The van der Waals surface area contributed by atoms with E-state index in [1.54, 1.807) is 0 Å². The van der Waals surface area contributed by atoms with Gasteiger partial charge < -0.3 is 5.32 Å². The number of nitrogens with one attached hydrogen (secondary N) is 1. The number of piperidine rings is 1. The average Bonchev–Trinajstić information content (AvgIpc) is 2.86. The van der Waals surface area contributed by atoms with Gasteiger partial charge in [0.05, 0.1) is 11.4 Å². The Morgan fingerprint density at radius 3 is 2.54 bits per heavy atom. The molecule has 0 saturated carbocycles. The Morgan fingerprint density at radius 1 is 1.11 bits per heavy atom. The minimum atomic E-state index is -2.68. The standard InChI is InChI=1S/C26H24Cl2F2N4O/c27-20-5-3-17(4-6-20)2-1-13-34-14-10-18(11-15-34)24-21(7-8-22(32-24)25(29)30)33-26(35)19-9-12-31-23(28)16-19/h1-9,12,16,18,25H,10-11,13-15H2,(H,33,35)/b2-1+. The van der Waals surface area contributed by atoms with E-state index in [2.05, 4.69) is 32.3 Å². The fourth-order valence-electron chi connectivity index (χ4n) is 4.07. The van der Waals surface area contributed by atoms with Gasteiger partial charge in [-0.3, -0.25) is 9.69 Å². The maximum absolute atomic E-state index is 13.4. The van der Waals surface area contributed by atoms with E-state index in [1.165, 1.54) is 30.5 Å². The number of halogens is 4. The Balaban J connectivity index is 1.43. The molecule has 0 atom stereocenters. The van der Waals surface area contributed by atoms with Crippen molar-refractivity contribution in [2.45, 2.75) is 25.2 Å². The number of likely N-dealkylation sites (tertiary alicyclic amines) is 1. The lowest BCUT2D eigenvalue weighted by Crippen LogP contribution is -2.33. The summed E-state index contributed by atoms with van der Waals surface area (Å²) in [6.45, 7) is 2.37. The molecule has 0 unspecified atom stereocenters. The van der Waals surface area contributed by atoms with Crippen molar-refractivity contribution in [3.05, 3.63) is 93.5 Å². The van der Waals surface area contributed by atoms with Crippen molar-refractivity contribution >= 4 is 40.9 Å². The van der Waals surface area contributed by atoms with Crippen molar-refractivity contribution in [2.24, 2.45) is 0 Å². The maximum atomic E-state index is 13.4. The van der Waals surface area contributed by atoms with Crippen molar-refractivity contribution in [3.63, 3.8) is 0 Å². The Morgan fingerprint density at radius 2 is 1.86 bits per heavy atom. The second-order valence-electron chi connectivity index (χ2n) is 8.32. The molecule has 3 heterocycles. The highest BCUT2D eigenvalue weighted by atomic mass is 35.5. The second kappa shape index (κ2) is 11.7. The van der Waals surface area contributed by atoms with Crippen molar-refractivity contribution < 1.29 is 13.6 Å². The van der Waals surface area contributed by atoms with Crippen LogP contribution in [0.15, 0.2) is 60.8 Å². The van der Waals surface area contributed by atoms with Gasteiger partial charge in [0.2, 0.25) is 0 Å². The van der Waals surface area contributed by atoms with E-state index < -0.39 is 12.3 Å². The van der Waals surface area contributed by atoms with Gasteiger partial charge in [-0.1, -0.05) is 47.5 Å². The van der Waals surface area contributed by atoms with Gasteiger partial charge in [-0.05, 0) is 67.9 Å². The summed E-state index contributed by atoms with van der Waals surface area (Å²) < 4.78 is 26.8. The molecule has 1 aromatic carbocycles. The molecule has 1 aliphatic rings. The number of carbonyl (C=O) groups is 1. The summed E-state index contributed by atoms with van der Waals surface area (Å²) in [6, 6.07) is 13.4. The number of carbonyl (C=O) groups excluding carboxylic acids is 1. The molecule has 1 N–H and O–H groups in total. The molecular weight excluding hydrogens is 493 g/mol. The van der Waals surface area contributed by atoms with Crippen LogP contribution in [0.4, 0.5) is 14.5 Å². The first-order valence-electron chi connectivity index (χ1n) is 11.3. The predicted octanol–water partition coefficient (Wildman–Crippen LogP) is 6.87. The van der Waals surface area contributed by atoms with E-state index in [0.29, 0.717) is 22.0 Å². The smallest absolute Gasteiger partial charge is 0.280 e. The van der Waals surface area contributed by atoms with Gasteiger partial charge in [-0.2, -0.15) is 0 Å². The molecular formula is C26H24Cl2F2N4O. The van der Waals surface area contributed by atoms with Crippen LogP contribution in [0.1, 0.15) is 52.5 Å². The van der Waals surface area contributed by atoms with Crippen LogP contribution in [0.5, 0.6) is 0 Å². The van der Waals surface area contributed by atoms with Gasteiger partial charge in [0.15, 0.2) is 0 Å². The first-order valence-corrected chi connectivity index (χ1v) is 12.0. The molecule has 1 fully saturated rings. The summed E-state index contributed by atoms with van der Waals surface area (Å²) in [6.07, 6.45) is 4.40. The molecule has 0 aliphatic carbocycles. The average molecular weight is 517 g/mol. The molecule has 1 amide bonds. The van der Waals surface area contributed by atoms with Crippen LogP contribution in [0.2, 0.25) is 10.2 Å². The first-order chi connectivity index (χ1) is 16.9. The van der Waals surface area contributed by atoms with Crippen molar-refractivity contribution in [1.82, 2.24) is 14.9 Å². The highest BCUT2D eigenvalue weighted by Crippen LogP contribution is 2.33. The van der Waals surface area contributed by atoms with Gasteiger partial charge in [-0.25, -0.2) is 18.7 Å². The Bertz CT molecular complexity index is 1200. The molecule has 182 valence electrons. The van der Waals surface area contributed by atoms with Gasteiger partial charge >= 0.3 is 0 Å². The molecule has 2 aromatic heterocycles. The summed E-state index contributed by atoms with van der Waals surface area (Å²) in [5.41, 5.74) is 2.05. The van der Waals surface area contributed by atoms with Crippen LogP contribution < -0.4 is 5.32 Å². The van der Waals surface area contributed by atoms with Crippen LogP contribution in [0, 0.1) is 0 Å². The van der Waals surface area contributed by atoms with Crippen molar-refractivity contribution in [2.75, 3.05) is 25.0 Å². The molecule has 1 aliphatic heterocycles. The molecule has 35 heavy (non-hydrogen) atoms. The number of hydrogen-bond donors (Lipinski definition) is 1. The summed E-state index contributed by atoms with van der Waals surface area (Å²) in [4.78, 5) is 23.2. The fourth-order valence-corrected chi connectivity index (χ4v) is 4.37. The van der Waals surface area contributed by atoms with E-state index >= 15 is 0 Å². The predicted molar refractivity (Wildman–Crippen MR) is 135 cm³/mol. The van der Waals surface area contributed by atoms with E-state index in [4.69, 9.17) is 23.2 Å². The fraction of sp³-hybridized carbons (Fsp3) is 0.269. The number of nitrogens with zero attached hydrogens (tertiary/aromatic N) is 3. The van der Waals surface area contributed by atoms with E-state index in [1.807, 2.05) is 24.3 Å². The number of benzene rings is 1. The second-order valence-corrected chi connectivity index (χ2v) is 9.14.